The largest absolute Gasteiger partial charge is 0.507 e. The number of aromatic hydroxyl groups is 2. The first-order valence-electron chi connectivity index (χ1n) is 19.0. The highest BCUT2D eigenvalue weighted by atomic mass is 16.7. The van der Waals surface area contributed by atoms with Crippen LogP contribution in [0.1, 0.15) is 121 Å². The van der Waals surface area contributed by atoms with Crippen molar-refractivity contribution >= 4 is 23.3 Å². The Morgan fingerprint density at radius 2 is 1.48 bits per heavy atom. The number of Topliss-reactive ketones (excluding diaryl/α,β-unsaturated/α-hetero) is 1. The second-order valence-corrected chi connectivity index (χ2v) is 15.3. The molecule has 2 aromatic rings. The number of aliphatic hydroxyl groups excluding tert-OH is 2. The Labute approximate surface area is 322 Å². The quantitative estimate of drug-likeness (QED) is 0.207. The van der Waals surface area contributed by atoms with E-state index in [1.807, 2.05) is 0 Å². The molecule has 0 aromatic heterocycles. The van der Waals surface area contributed by atoms with Crippen LogP contribution < -0.4 is 0 Å². The van der Waals surface area contributed by atoms with E-state index in [1.165, 1.54) is 24.3 Å². The summed E-state index contributed by atoms with van der Waals surface area (Å²) < 4.78 is 41.4. The number of phenolic OH excluding ortho intramolecular Hbond substituents is 2. The van der Waals surface area contributed by atoms with Gasteiger partial charge in [-0.3, -0.25) is 19.2 Å². The molecule has 3 heterocycles. The van der Waals surface area contributed by atoms with Gasteiger partial charge in [0.1, 0.15) is 35.7 Å². The van der Waals surface area contributed by atoms with Crippen molar-refractivity contribution in [2.75, 3.05) is 7.11 Å². The molecule has 3 fully saturated rings. The van der Waals surface area contributed by atoms with Crippen molar-refractivity contribution in [1.82, 2.24) is 0 Å². The average Bonchev–Trinajstić information content (AvgIpc) is 3.14. The van der Waals surface area contributed by atoms with Crippen molar-refractivity contribution in [3.05, 3.63) is 57.6 Å². The average molecular weight is 785 g/mol. The molecule has 2 aliphatic carbocycles. The van der Waals surface area contributed by atoms with Crippen LogP contribution in [0.25, 0.3) is 0 Å². The minimum absolute atomic E-state index is 0.00890. The molecule has 0 unspecified atom stereocenters. The molecular weight excluding hydrogens is 736 g/mol. The molecule has 0 bridgehead atoms. The van der Waals surface area contributed by atoms with E-state index >= 15 is 0 Å². The normalized spacial score (nSPS) is 37.0. The standard InChI is InChI=1S/C40H48O16/c1-6-40(49)15-26(31-20(33(40)39(48)50-5)12-21-32(36(31)47)35(46)30-19(34(21)45)8-7-9-23(30)42)54-28-13-24(43)38(18(4)52-28)56-29-14-25(44)37(17(3)53-29)55-27-11-10-22(41)16(2)51-27/h7-9,12,16-18,24-29,33,37-38,42-44,47,49H,6,10-11,13-15H2,1-5H3/t16-,17+,18+,24+,25+,26+,27+,28+,29+,33+,37-,38-,40-/m1/s1. The molecule has 7 rings (SSSR count). The zero-order valence-corrected chi connectivity index (χ0v) is 31.7. The maximum atomic E-state index is 13.8. The number of aliphatic hydroxyl groups is 3. The first-order valence-corrected chi connectivity index (χ1v) is 19.0. The summed E-state index contributed by atoms with van der Waals surface area (Å²) in [5.74, 6) is -4.83. The molecule has 16 nitrogen and oxygen atoms in total. The Bertz CT molecular complexity index is 1870. The highest BCUT2D eigenvalue weighted by Gasteiger charge is 2.53. The van der Waals surface area contributed by atoms with Crippen LogP contribution in [0.15, 0.2) is 24.3 Å². The van der Waals surface area contributed by atoms with Gasteiger partial charge in [0.2, 0.25) is 5.78 Å². The van der Waals surface area contributed by atoms with E-state index in [0.717, 1.165) is 7.11 Å². The number of benzene rings is 2. The van der Waals surface area contributed by atoms with Gasteiger partial charge in [-0.25, -0.2) is 0 Å². The van der Waals surface area contributed by atoms with Gasteiger partial charge in [0.15, 0.2) is 30.4 Å². The first kappa shape index (κ1) is 40.4. The number of fused-ring (bicyclic) bond motifs is 3. The van der Waals surface area contributed by atoms with Gasteiger partial charge < -0.3 is 58.7 Å². The lowest BCUT2D eigenvalue weighted by Crippen LogP contribution is -2.55. The first-order chi connectivity index (χ1) is 26.6. The van der Waals surface area contributed by atoms with E-state index < -0.39 is 108 Å². The van der Waals surface area contributed by atoms with Gasteiger partial charge in [-0.15, -0.1) is 0 Å². The molecule has 0 spiro atoms. The number of rotatable bonds is 8. The number of ether oxygens (including phenoxy) is 7. The van der Waals surface area contributed by atoms with Crippen LogP contribution in [0.3, 0.4) is 0 Å². The summed E-state index contributed by atoms with van der Waals surface area (Å²) >= 11 is 0. The molecule has 0 amide bonds. The summed E-state index contributed by atoms with van der Waals surface area (Å²) in [6.45, 7) is 6.67. The Hall–Kier alpha value is -3.84. The SMILES string of the molecule is CC[C@@]1(O)C[C@H](O[C@H]2C[C@H](O)[C@H](O[C@H]3C[C@H](O)[C@H](O[C@H]4CCC(=O)[C@@H](C)O4)[C@H](C)O3)[C@H](C)O2)c2c(cc3c(c2O)C(=O)c2c(O)cccc2C3=O)[C@H]1C(=O)OC. The Kier molecular flexibility index (Phi) is 11.2. The van der Waals surface area contributed by atoms with Gasteiger partial charge in [0.05, 0.1) is 54.4 Å². The minimum Gasteiger partial charge on any atom is -0.507 e. The molecule has 16 heteroatoms. The maximum Gasteiger partial charge on any atom is 0.316 e. The van der Waals surface area contributed by atoms with Crippen LogP contribution in [-0.2, 0) is 42.7 Å². The number of ketones is 3. The van der Waals surface area contributed by atoms with Crippen molar-refractivity contribution in [2.24, 2.45) is 0 Å². The summed E-state index contributed by atoms with van der Waals surface area (Å²) in [5.41, 5.74) is -2.79. The molecule has 3 aliphatic heterocycles. The number of hydrogen-bond acceptors (Lipinski definition) is 16. The monoisotopic (exact) mass is 784 g/mol. The smallest absolute Gasteiger partial charge is 0.316 e. The molecule has 5 N–H and O–H groups in total. The van der Waals surface area contributed by atoms with Gasteiger partial charge in [-0.05, 0) is 44.9 Å². The van der Waals surface area contributed by atoms with Gasteiger partial charge in [-0.1, -0.05) is 19.1 Å². The van der Waals surface area contributed by atoms with Crippen molar-refractivity contribution in [3.63, 3.8) is 0 Å². The summed E-state index contributed by atoms with van der Waals surface area (Å²) in [5, 5.41) is 56.7. The molecular formula is C40H48O16. The van der Waals surface area contributed by atoms with Crippen molar-refractivity contribution in [3.8, 4) is 11.5 Å². The number of carbonyl (C=O) groups is 4. The van der Waals surface area contributed by atoms with Crippen molar-refractivity contribution < 1.29 is 77.9 Å². The second-order valence-electron chi connectivity index (χ2n) is 15.3. The molecule has 0 saturated carbocycles. The second kappa shape index (κ2) is 15.5. The molecule has 56 heavy (non-hydrogen) atoms. The molecule has 2 aromatic carbocycles. The molecule has 304 valence electrons. The number of hydrogen-bond donors (Lipinski definition) is 5. The van der Waals surface area contributed by atoms with E-state index in [1.54, 1.807) is 27.7 Å². The van der Waals surface area contributed by atoms with E-state index in [2.05, 4.69) is 0 Å². The van der Waals surface area contributed by atoms with Crippen LogP contribution in [0.4, 0.5) is 0 Å². The highest BCUT2D eigenvalue weighted by Crippen LogP contribution is 2.54. The van der Waals surface area contributed by atoms with Crippen LogP contribution >= 0.6 is 0 Å². The summed E-state index contributed by atoms with van der Waals surface area (Å²) in [4.78, 5) is 52.7. The van der Waals surface area contributed by atoms with E-state index in [4.69, 9.17) is 33.2 Å². The van der Waals surface area contributed by atoms with Gasteiger partial charge in [0, 0.05) is 48.8 Å². The number of methoxy groups -OCH3 is 1. The van der Waals surface area contributed by atoms with E-state index in [-0.39, 0.29) is 64.8 Å². The molecule has 13 atom stereocenters. The van der Waals surface area contributed by atoms with Crippen LogP contribution in [0.2, 0.25) is 0 Å². The zero-order valence-electron chi connectivity index (χ0n) is 31.7. The third-order valence-corrected chi connectivity index (χ3v) is 11.8. The predicted octanol–water partition coefficient (Wildman–Crippen LogP) is 2.59. The lowest BCUT2D eigenvalue weighted by atomic mass is 9.67. The van der Waals surface area contributed by atoms with Crippen LogP contribution in [0, 0.1) is 0 Å². The van der Waals surface area contributed by atoms with Crippen molar-refractivity contribution in [1.29, 1.82) is 0 Å². The minimum atomic E-state index is -1.80. The summed E-state index contributed by atoms with van der Waals surface area (Å²) in [6.07, 6.45) is -9.63. The number of esters is 1. The lowest BCUT2D eigenvalue weighted by Gasteiger charge is -2.46. The Morgan fingerprint density at radius 3 is 2.07 bits per heavy atom. The highest BCUT2D eigenvalue weighted by molar-refractivity contribution is 6.30. The maximum absolute atomic E-state index is 13.8. The Morgan fingerprint density at radius 1 is 0.857 bits per heavy atom. The molecule has 3 saturated heterocycles. The van der Waals surface area contributed by atoms with E-state index in [9.17, 15) is 44.7 Å². The molecule has 5 aliphatic rings. The fraction of sp³-hybridized carbons (Fsp3) is 0.600. The van der Waals surface area contributed by atoms with E-state index in [0.29, 0.717) is 12.8 Å². The number of carbonyl (C=O) groups excluding carboxylic acids is 4. The summed E-state index contributed by atoms with van der Waals surface area (Å²) in [7, 11) is 1.15. The van der Waals surface area contributed by atoms with Crippen LogP contribution in [-0.4, -0.2) is 123 Å². The van der Waals surface area contributed by atoms with Gasteiger partial charge in [0.25, 0.3) is 0 Å². The Balaban J connectivity index is 1.10. The number of phenols is 2. The zero-order chi connectivity index (χ0) is 40.4. The fourth-order valence-corrected chi connectivity index (χ4v) is 8.77. The fourth-order valence-electron chi connectivity index (χ4n) is 8.77. The lowest BCUT2D eigenvalue weighted by molar-refractivity contribution is -0.330. The van der Waals surface area contributed by atoms with Crippen molar-refractivity contribution in [2.45, 2.75) is 145 Å². The third kappa shape index (κ3) is 7.05. The van der Waals surface area contributed by atoms with Gasteiger partial charge >= 0.3 is 5.97 Å². The van der Waals surface area contributed by atoms with Crippen LogP contribution in [0.5, 0.6) is 11.5 Å². The van der Waals surface area contributed by atoms with Gasteiger partial charge in [-0.2, -0.15) is 0 Å². The summed E-state index contributed by atoms with van der Waals surface area (Å²) in [6, 6.07) is 5.32. The third-order valence-electron chi connectivity index (χ3n) is 11.8. The topological polar surface area (TPSA) is 234 Å². The predicted molar refractivity (Wildman–Crippen MR) is 190 cm³/mol. The molecule has 0 radical (unpaired) electrons.